The zero-order valence-electron chi connectivity index (χ0n) is 19.1. The molecule has 1 aliphatic rings. The minimum absolute atomic E-state index is 0.0450. The van der Waals surface area contributed by atoms with Crippen molar-refractivity contribution in [3.8, 4) is 0 Å². The number of anilines is 1. The topological polar surface area (TPSA) is 92.5 Å². The number of carbonyl (C=O) groups is 3. The first-order chi connectivity index (χ1) is 16.7. The summed E-state index contributed by atoms with van der Waals surface area (Å²) in [5.74, 6) is -4.33. The largest absolute Gasteiger partial charge is 0.324 e. The molecule has 8 heteroatoms. The Morgan fingerprint density at radius 2 is 1.66 bits per heavy atom. The molecule has 0 aliphatic carbocycles. The van der Waals surface area contributed by atoms with Gasteiger partial charge in [0, 0.05) is 17.7 Å². The molecule has 6 nitrogen and oxygen atoms in total. The van der Waals surface area contributed by atoms with Crippen LogP contribution in [-0.2, 0) is 27.2 Å². The molecule has 0 bridgehead atoms. The van der Waals surface area contributed by atoms with Crippen molar-refractivity contribution in [2.24, 2.45) is 5.73 Å². The summed E-state index contributed by atoms with van der Waals surface area (Å²) < 4.78 is 27.5. The number of hydrogen-bond acceptors (Lipinski definition) is 4. The van der Waals surface area contributed by atoms with Crippen molar-refractivity contribution < 1.29 is 23.2 Å². The smallest absolute Gasteiger partial charge is 0.248 e. The Bertz CT molecular complexity index is 1240. The number of imide groups is 1. The maximum absolute atomic E-state index is 13.8. The lowest BCUT2D eigenvalue weighted by Gasteiger charge is -2.34. The van der Waals surface area contributed by atoms with Crippen molar-refractivity contribution >= 4 is 23.4 Å². The van der Waals surface area contributed by atoms with Gasteiger partial charge in [0.25, 0.3) is 0 Å². The fourth-order valence-electron chi connectivity index (χ4n) is 4.46. The van der Waals surface area contributed by atoms with Gasteiger partial charge in [-0.15, -0.1) is 0 Å². The van der Waals surface area contributed by atoms with Crippen molar-refractivity contribution in [1.82, 2.24) is 4.90 Å². The van der Waals surface area contributed by atoms with Gasteiger partial charge in [-0.25, -0.2) is 8.78 Å². The molecule has 3 aromatic carbocycles. The SMILES string of the molecule is C[C@H](N)C(=O)N(C(=O)Cc1cc(F)cc(F)c1)[C@@H]1C(=O)Nc2ccccc2C[C@@H]1c1ccccc1. The molecule has 0 fully saturated rings. The Hall–Kier alpha value is -3.91. The van der Waals surface area contributed by atoms with Crippen molar-refractivity contribution in [2.75, 3.05) is 5.32 Å². The number of para-hydroxylation sites is 1. The summed E-state index contributed by atoms with van der Waals surface area (Å²) in [6, 6.07) is 16.8. The molecular formula is C27H25F2N3O3. The van der Waals surface area contributed by atoms with Crippen molar-refractivity contribution in [3.05, 3.63) is 101 Å². The third-order valence-corrected chi connectivity index (χ3v) is 6.04. The van der Waals surface area contributed by atoms with E-state index in [4.69, 9.17) is 5.73 Å². The molecule has 35 heavy (non-hydrogen) atoms. The molecular weight excluding hydrogens is 452 g/mol. The molecule has 180 valence electrons. The number of fused-ring (bicyclic) bond motifs is 1. The summed E-state index contributed by atoms with van der Waals surface area (Å²) in [5.41, 5.74) is 8.13. The second-order valence-electron chi connectivity index (χ2n) is 8.66. The molecule has 0 unspecified atom stereocenters. The average Bonchev–Trinajstić information content (AvgIpc) is 2.95. The van der Waals surface area contributed by atoms with E-state index in [1.807, 2.05) is 42.5 Å². The Kier molecular flexibility index (Phi) is 7.02. The van der Waals surface area contributed by atoms with E-state index in [2.05, 4.69) is 5.32 Å². The second kappa shape index (κ2) is 10.1. The van der Waals surface area contributed by atoms with Gasteiger partial charge in [0.05, 0.1) is 12.5 Å². The molecule has 1 heterocycles. The highest BCUT2D eigenvalue weighted by atomic mass is 19.1. The van der Waals surface area contributed by atoms with Gasteiger partial charge in [0.15, 0.2) is 0 Å². The first kappa shape index (κ1) is 24.2. The lowest BCUT2D eigenvalue weighted by Crippen LogP contribution is -2.57. The van der Waals surface area contributed by atoms with Gasteiger partial charge in [-0.05, 0) is 48.2 Å². The first-order valence-electron chi connectivity index (χ1n) is 11.2. The van der Waals surface area contributed by atoms with Crippen LogP contribution in [-0.4, -0.2) is 34.7 Å². The fourth-order valence-corrected chi connectivity index (χ4v) is 4.46. The molecule has 3 atom stereocenters. The molecule has 0 aromatic heterocycles. The lowest BCUT2D eigenvalue weighted by atomic mass is 9.85. The Morgan fingerprint density at radius 3 is 2.31 bits per heavy atom. The number of amides is 3. The summed E-state index contributed by atoms with van der Waals surface area (Å²) in [6.07, 6.45) is -0.112. The van der Waals surface area contributed by atoms with E-state index in [9.17, 15) is 23.2 Å². The number of nitrogens with one attached hydrogen (secondary N) is 1. The zero-order chi connectivity index (χ0) is 25.1. The van der Waals surface area contributed by atoms with E-state index >= 15 is 0 Å². The zero-order valence-corrected chi connectivity index (χ0v) is 19.1. The van der Waals surface area contributed by atoms with Crippen LogP contribution in [0.25, 0.3) is 0 Å². The van der Waals surface area contributed by atoms with Crippen LogP contribution in [0.5, 0.6) is 0 Å². The molecule has 0 radical (unpaired) electrons. The van der Waals surface area contributed by atoms with Gasteiger partial charge in [0.2, 0.25) is 17.7 Å². The Morgan fingerprint density at radius 1 is 1.03 bits per heavy atom. The van der Waals surface area contributed by atoms with Crippen molar-refractivity contribution in [1.29, 1.82) is 0 Å². The van der Waals surface area contributed by atoms with Gasteiger partial charge in [-0.3, -0.25) is 19.3 Å². The standard InChI is InChI=1S/C27H25F2N3O3/c1-16(30)27(35)32(24(33)13-17-11-20(28)15-21(29)12-17)25-22(18-7-3-2-4-8-18)14-19-9-5-6-10-23(19)31-26(25)34/h2-12,15-16,22,25H,13-14,30H2,1H3,(H,31,34)/t16-,22+,25-/m0/s1. The highest BCUT2D eigenvalue weighted by Gasteiger charge is 2.43. The molecule has 1 aliphatic heterocycles. The van der Waals surface area contributed by atoms with Crippen LogP contribution in [0.3, 0.4) is 0 Å². The molecule has 4 rings (SSSR count). The molecule has 3 N–H and O–H groups in total. The number of nitrogens with two attached hydrogens (primary N) is 1. The number of carbonyl (C=O) groups excluding carboxylic acids is 3. The van der Waals surface area contributed by atoms with E-state index in [-0.39, 0.29) is 5.56 Å². The van der Waals surface area contributed by atoms with Crippen molar-refractivity contribution in [3.63, 3.8) is 0 Å². The number of rotatable bonds is 5. The van der Waals surface area contributed by atoms with E-state index in [1.54, 1.807) is 12.1 Å². The molecule has 0 saturated heterocycles. The highest BCUT2D eigenvalue weighted by Crippen LogP contribution is 2.35. The molecule has 3 amide bonds. The summed E-state index contributed by atoms with van der Waals surface area (Å²) in [4.78, 5) is 41.2. The predicted octanol–water partition coefficient (Wildman–Crippen LogP) is 3.56. The van der Waals surface area contributed by atoms with E-state index in [1.165, 1.54) is 6.92 Å². The quantitative estimate of drug-likeness (QED) is 0.588. The Balaban J connectivity index is 1.80. The molecule has 0 saturated carbocycles. The van der Waals surface area contributed by atoms with E-state index in [0.717, 1.165) is 28.2 Å². The van der Waals surface area contributed by atoms with Gasteiger partial charge >= 0.3 is 0 Å². The summed E-state index contributed by atoms with van der Waals surface area (Å²) in [6.45, 7) is 1.42. The number of halogens is 2. The number of benzene rings is 3. The van der Waals surface area contributed by atoms with Crippen LogP contribution < -0.4 is 11.1 Å². The van der Waals surface area contributed by atoms with E-state index < -0.39 is 53.8 Å². The maximum Gasteiger partial charge on any atom is 0.248 e. The molecule has 0 spiro atoms. The van der Waals surface area contributed by atoms with Crippen LogP contribution in [0.1, 0.15) is 29.5 Å². The lowest BCUT2D eigenvalue weighted by molar-refractivity contribution is -0.152. The normalized spacial score (nSPS) is 18.1. The summed E-state index contributed by atoms with van der Waals surface area (Å²) in [7, 11) is 0. The van der Waals surface area contributed by atoms with Crippen LogP contribution in [0, 0.1) is 11.6 Å². The van der Waals surface area contributed by atoms with Gasteiger partial charge in [-0.1, -0.05) is 48.5 Å². The van der Waals surface area contributed by atoms with Crippen LogP contribution in [0.15, 0.2) is 72.8 Å². The first-order valence-corrected chi connectivity index (χ1v) is 11.2. The second-order valence-corrected chi connectivity index (χ2v) is 8.66. The van der Waals surface area contributed by atoms with E-state index in [0.29, 0.717) is 18.2 Å². The van der Waals surface area contributed by atoms with Gasteiger partial charge < -0.3 is 11.1 Å². The third kappa shape index (κ3) is 5.27. The minimum atomic E-state index is -1.23. The third-order valence-electron chi connectivity index (χ3n) is 6.04. The number of nitrogens with zero attached hydrogens (tertiary/aromatic N) is 1. The molecule has 3 aromatic rings. The highest BCUT2D eigenvalue weighted by molar-refractivity contribution is 6.06. The Labute approximate surface area is 201 Å². The summed E-state index contributed by atoms with van der Waals surface area (Å²) in [5, 5.41) is 2.84. The average molecular weight is 478 g/mol. The fraction of sp³-hybridized carbons (Fsp3) is 0.222. The van der Waals surface area contributed by atoms with Gasteiger partial charge in [-0.2, -0.15) is 0 Å². The predicted molar refractivity (Wildman–Crippen MR) is 127 cm³/mol. The monoisotopic (exact) mass is 477 g/mol. The summed E-state index contributed by atoms with van der Waals surface area (Å²) >= 11 is 0. The van der Waals surface area contributed by atoms with Crippen LogP contribution >= 0.6 is 0 Å². The number of hydrogen-bond donors (Lipinski definition) is 2. The van der Waals surface area contributed by atoms with Crippen LogP contribution in [0.4, 0.5) is 14.5 Å². The minimum Gasteiger partial charge on any atom is -0.324 e. The van der Waals surface area contributed by atoms with Gasteiger partial charge in [0.1, 0.15) is 17.7 Å². The van der Waals surface area contributed by atoms with Crippen LogP contribution in [0.2, 0.25) is 0 Å². The van der Waals surface area contributed by atoms with Crippen molar-refractivity contribution in [2.45, 2.75) is 37.8 Å². The maximum atomic E-state index is 13.8.